The van der Waals surface area contributed by atoms with Gasteiger partial charge in [-0.3, -0.25) is 19.0 Å². The second-order valence-electron chi connectivity index (χ2n) is 5.42. The van der Waals surface area contributed by atoms with E-state index in [9.17, 15) is 22.8 Å². The Bertz CT molecular complexity index is 1100. The molecule has 0 aliphatic heterocycles. The SMILES string of the molecule is CCSc1nc2sccn2c(=O)c1C(=O)NCc1ncc(C(F)(F)F)cc1Cl. The van der Waals surface area contributed by atoms with Crippen molar-refractivity contribution in [1.82, 2.24) is 19.7 Å². The highest BCUT2D eigenvalue weighted by molar-refractivity contribution is 7.99. The zero-order valence-corrected chi connectivity index (χ0v) is 16.6. The van der Waals surface area contributed by atoms with E-state index in [0.29, 0.717) is 21.9 Å². The highest BCUT2D eigenvalue weighted by atomic mass is 35.5. The average molecular weight is 449 g/mol. The number of halogens is 4. The third-order valence-electron chi connectivity index (χ3n) is 3.60. The fourth-order valence-electron chi connectivity index (χ4n) is 2.30. The molecule has 0 bridgehead atoms. The fraction of sp³-hybridized carbons (Fsp3) is 0.250. The number of fused-ring (bicyclic) bond motifs is 1. The van der Waals surface area contributed by atoms with Crippen molar-refractivity contribution in [2.45, 2.75) is 24.7 Å². The molecule has 0 fully saturated rings. The Morgan fingerprint density at radius 2 is 2.18 bits per heavy atom. The second kappa shape index (κ2) is 8.10. The number of amides is 1. The molecule has 3 heterocycles. The summed E-state index contributed by atoms with van der Waals surface area (Å²) < 4.78 is 39.3. The number of nitrogens with one attached hydrogen (secondary N) is 1. The molecular weight excluding hydrogens is 437 g/mol. The molecule has 0 unspecified atom stereocenters. The molecule has 0 saturated carbocycles. The van der Waals surface area contributed by atoms with Crippen molar-refractivity contribution in [3.8, 4) is 0 Å². The predicted molar refractivity (Wildman–Crippen MR) is 101 cm³/mol. The molecule has 1 N–H and O–H groups in total. The maximum Gasteiger partial charge on any atom is 0.417 e. The third kappa shape index (κ3) is 4.15. The summed E-state index contributed by atoms with van der Waals surface area (Å²) in [4.78, 5) is 33.7. The van der Waals surface area contributed by atoms with E-state index in [1.54, 1.807) is 5.38 Å². The number of rotatable bonds is 5. The van der Waals surface area contributed by atoms with Crippen LogP contribution in [0.15, 0.2) is 33.7 Å². The number of thiazole rings is 1. The molecule has 6 nitrogen and oxygen atoms in total. The lowest BCUT2D eigenvalue weighted by Gasteiger charge is -2.11. The molecule has 0 spiro atoms. The van der Waals surface area contributed by atoms with Crippen LogP contribution in [0.5, 0.6) is 0 Å². The summed E-state index contributed by atoms with van der Waals surface area (Å²) in [5, 5.41) is 4.21. The molecule has 1 amide bonds. The van der Waals surface area contributed by atoms with Gasteiger partial charge in [0.15, 0.2) is 4.96 Å². The van der Waals surface area contributed by atoms with Crippen molar-refractivity contribution in [1.29, 1.82) is 0 Å². The van der Waals surface area contributed by atoms with Crippen molar-refractivity contribution in [3.05, 3.63) is 56.0 Å². The minimum absolute atomic E-state index is 0.0531. The molecule has 3 aromatic rings. The van der Waals surface area contributed by atoms with Gasteiger partial charge in [-0.05, 0) is 11.8 Å². The zero-order valence-electron chi connectivity index (χ0n) is 14.2. The summed E-state index contributed by atoms with van der Waals surface area (Å²) in [6, 6.07) is 0.738. The summed E-state index contributed by atoms with van der Waals surface area (Å²) in [7, 11) is 0. The maximum absolute atomic E-state index is 12.7. The van der Waals surface area contributed by atoms with Gasteiger partial charge in [0.25, 0.3) is 11.5 Å². The largest absolute Gasteiger partial charge is 0.417 e. The van der Waals surface area contributed by atoms with Gasteiger partial charge in [-0.2, -0.15) is 13.2 Å². The number of thioether (sulfide) groups is 1. The van der Waals surface area contributed by atoms with E-state index in [2.05, 4.69) is 15.3 Å². The van der Waals surface area contributed by atoms with E-state index in [1.165, 1.54) is 33.7 Å². The maximum atomic E-state index is 12.7. The summed E-state index contributed by atoms with van der Waals surface area (Å²) in [6.07, 6.45) is -2.42. The lowest BCUT2D eigenvalue weighted by molar-refractivity contribution is -0.137. The van der Waals surface area contributed by atoms with Crippen LogP contribution >= 0.6 is 34.7 Å². The van der Waals surface area contributed by atoms with Crippen molar-refractivity contribution in [2.24, 2.45) is 0 Å². The first kappa shape index (κ1) is 20.6. The Morgan fingerprint density at radius 1 is 1.43 bits per heavy atom. The number of hydrogen-bond donors (Lipinski definition) is 1. The van der Waals surface area contributed by atoms with E-state index >= 15 is 0 Å². The van der Waals surface area contributed by atoms with E-state index in [1.807, 2.05) is 6.92 Å². The van der Waals surface area contributed by atoms with Gasteiger partial charge in [0, 0.05) is 17.8 Å². The smallest absolute Gasteiger partial charge is 0.346 e. The lowest BCUT2D eigenvalue weighted by atomic mass is 10.2. The van der Waals surface area contributed by atoms with Crippen LogP contribution in [0.1, 0.15) is 28.5 Å². The molecule has 148 valence electrons. The number of carbonyl (C=O) groups excluding carboxylic acids is 1. The summed E-state index contributed by atoms with van der Waals surface area (Å²) in [5.74, 6) is -0.104. The first-order valence-corrected chi connectivity index (χ1v) is 10.1. The van der Waals surface area contributed by atoms with Gasteiger partial charge in [0.2, 0.25) is 0 Å². The van der Waals surface area contributed by atoms with Crippen LogP contribution in [-0.4, -0.2) is 26.0 Å². The second-order valence-corrected chi connectivity index (χ2v) is 7.95. The number of alkyl halides is 3. The Kier molecular flexibility index (Phi) is 5.96. The molecule has 28 heavy (non-hydrogen) atoms. The highest BCUT2D eigenvalue weighted by Crippen LogP contribution is 2.31. The first-order chi connectivity index (χ1) is 13.2. The van der Waals surface area contributed by atoms with Crippen molar-refractivity contribution >= 4 is 45.6 Å². The monoisotopic (exact) mass is 448 g/mol. The Balaban J connectivity index is 1.87. The van der Waals surface area contributed by atoms with Crippen LogP contribution in [-0.2, 0) is 12.7 Å². The van der Waals surface area contributed by atoms with Crippen LogP contribution in [0, 0.1) is 0 Å². The van der Waals surface area contributed by atoms with Gasteiger partial charge in [0.1, 0.15) is 10.6 Å². The topological polar surface area (TPSA) is 76.4 Å². The molecule has 0 aliphatic rings. The van der Waals surface area contributed by atoms with Crippen LogP contribution in [0.3, 0.4) is 0 Å². The van der Waals surface area contributed by atoms with Gasteiger partial charge in [-0.25, -0.2) is 4.98 Å². The predicted octanol–water partition coefficient (Wildman–Crippen LogP) is 3.87. The Morgan fingerprint density at radius 3 is 2.82 bits per heavy atom. The van der Waals surface area contributed by atoms with Gasteiger partial charge in [0.05, 0.1) is 22.8 Å². The standard InChI is InChI=1S/C16H12ClF3N4O2S2/c1-2-27-13-11(14(26)24-3-4-28-15(24)23-13)12(25)22-7-10-9(17)5-8(6-21-10)16(18,19)20/h3-6H,2,7H2,1H3,(H,22,25). The number of aromatic nitrogens is 3. The van der Waals surface area contributed by atoms with Crippen LogP contribution in [0.4, 0.5) is 13.2 Å². The molecule has 12 heteroatoms. The normalized spacial score (nSPS) is 11.8. The minimum Gasteiger partial charge on any atom is -0.346 e. The van der Waals surface area contributed by atoms with Crippen molar-refractivity contribution in [2.75, 3.05) is 5.75 Å². The summed E-state index contributed by atoms with van der Waals surface area (Å²) in [6.45, 7) is 1.62. The Labute approximate surface area is 169 Å². The van der Waals surface area contributed by atoms with Crippen molar-refractivity contribution < 1.29 is 18.0 Å². The van der Waals surface area contributed by atoms with Gasteiger partial charge < -0.3 is 5.32 Å². The highest BCUT2D eigenvalue weighted by Gasteiger charge is 2.31. The molecule has 0 saturated heterocycles. The lowest BCUT2D eigenvalue weighted by Crippen LogP contribution is -2.32. The van der Waals surface area contributed by atoms with Crippen LogP contribution in [0.2, 0.25) is 5.02 Å². The van der Waals surface area contributed by atoms with Crippen LogP contribution in [0.25, 0.3) is 4.96 Å². The minimum atomic E-state index is -4.57. The number of pyridine rings is 1. The first-order valence-electron chi connectivity index (χ1n) is 7.84. The van der Waals surface area contributed by atoms with Gasteiger partial charge in [-0.15, -0.1) is 23.1 Å². The summed E-state index contributed by atoms with van der Waals surface area (Å²) in [5.41, 5.74) is -1.59. The van der Waals surface area contributed by atoms with E-state index < -0.39 is 23.2 Å². The fourth-order valence-corrected chi connectivity index (χ4v) is 4.05. The molecule has 0 aliphatic carbocycles. The van der Waals surface area contributed by atoms with Crippen molar-refractivity contribution in [3.63, 3.8) is 0 Å². The molecule has 0 radical (unpaired) electrons. The third-order valence-corrected chi connectivity index (χ3v) is 5.54. The van der Waals surface area contributed by atoms with Gasteiger partial charge >= 0.3 is 6.18 Å². The molecule has 0 atom stereocenters. The quantitative estimate of drug-likeness (QED) is 0.473. The van der Waals surface area contributed by atoms with Crippen LogP contribution < -0.4 is 10.9 Å². The molecule has 3 rings (SSSR count). The van der Waals surface area contributed by atoms with E-state index in [4.69, 9.17) is 11.6 Å². The van der Waals surface area contributed by atoms with Gasteiger partial charge in [-0.1, -0.05) is 18.5 Å². The molecule has 3 aromatic heterocycles. The average Bonchev–Trinajstić information content (AvgIpc) is 3.09. The van der Waals surface area contributed by atoms with E-state index in [-0.39, 0.29) is 22.8 Å². The number of carbonyl (C=O) groups is 1. The number of nitrogens with zero attached hydrogens (tertiary/aromatic N) is 3. The zero-order chi connectivity index (χ0) is 20.5. The van der Waals surface area contributed by atoms with E-state index in [0.717, 1.165) is 6.07 Å². The Hall–Kier alpha value is -2.11. The molecule has 0 aromatic carbocycles. The molecular formula is C16H12ClF3N4O2S2. The number of hydrogen-bond acceptors (Lipinski definition) is 6. The summed E-state index contributed by atoms with van der Waals surface area (Å²) >= 11 is 8.36.